The number of hydrogen-bond donors (Lipinski definition) is 0. The fourth-order valence-corrected chi connectivity index (χ4v) is 2.75. The Morgan fingerprint density at radius 2 is 1.76 bits per heavy atom. The van der Waals surface area contributed by atoms with Crippen LogP contribution in [0.25, 0.3) is 6.08 Å². The Morgan fingerprint density at radius 3 is 2.43 bits per heavy atom. The fraction of sp³-hybridized carbons (Fsp3) is 0.0625. The van der Waals surface area contributed by atoms with E-state index >= 15 is 0 Å². The second-order valence-electron chi connectivity index (χ2n) is 4.25. The third-order valence-electron chi connectivity index (χ3n) is 2.78. The van der Waals surface area contributed by atoms with Crippen molar-refractivity contribution in [2.45, 2.75) is 11.8 Å². The zero-order valence-electron chi connectivity index (χ0n) is 11.4. The molecule has 21 heavy (non-hydrogen) atoms. The van der Waals surface area contributed by atoms with Gasteiger partial charge in [-0.25, -0.2) is 4.21 Å². The Hall–Kier alpha value is -2.49. The Morgan fingerprint density at radius 1 is 1.14 bits per heavy atom. The molecule has 0 aliphatic heterocycles. The molecule has 0 aromatic heterocycles. The molecule has 0 amide bonds. The van der Waals surface area contributed by atoms with Crippen LogP contribution in [-0.2, 0) is 10.8 Å². The van der Waals surface area contributed by atoms with Gasteiger partial charge in [0, 0.05) is 6.07 Å². The van der Waals surface area contributed by atoms with Crippen LogP contribution in [0.15, 0.2) is 70.1 Å². The minimum absolute atomic E-state index is 0.142. The molecule has 0 aliphatic rings. The molecule has 106 valence electrons. The van der Waals surface area contributed by atoms with E-state index in [2.05, 4.69) is 5.73 Å². The molecule has 0 saturated heterocycles. The van der Waals surface area contributed by atoms with Crippen molar-refractivity contribution in [3.05, 3.63) is 80.9 Å². The Kier molecular flexibility index (Phi) is 4.82. The third-order valence-corrected chi connectivity index (χ3v) is 4.20. The Labute approximate surface area is 125 Å². The van der Waals surface area contributed by atoms with Crippen LogP contribution in [0.3, 0.4) is 0 Å². The van der Waals surface area contributed by atoms with E-state index in [0.29, 0.717) is 4.91 Å². The molecule has 2 aromatic carbocycles. The average molecular weight is 299 g/mol. The number of benzene rings is 2. The van der Waals surface area contributed by atoms with Crippen LogP contribution < -0.4 is 0 Å². The summed E-state index contributed by atoms with van der Waals surface area (Å²) in [6.07, 6.45) is 1.71. The largest absolute Gasteiger partial charge is 0.285 e. The van der Waals surface area contributed by atoms with Gasteiger partial charge in [-0.3, -0.25) is 10.1 Å². The van der Waals surface area contributed by atoms with Gasteiger partial charge in [0.15, 0.2) is 0 Å². The van der Waals surface area contributed by atoms with Crippen LogP contribution in [0.4, 0.5) is 5.69 Å². The lowest BCUT2D eigenvalue weighted by molar-refractivity contribution is -0.387. The number of hydrogen-bond acceptors (Lipinski definition) is 3. The topological polar surface area (TPSA) is 60.2 Å². The molecule has 0 spiro atoms. The fourth-order valence-electron chi connectivity index (χ4n) is 1.72. The Balaban J connectivity index is 2.36. The van der Waals surface area contributed by atoms with E-state index in [4.69, 9.17) is 0 Å². The lowest BCUT2D eigenvalue weighted by atomic mass is 10.2. The molecule has 4 nitrogen and oxygen atoms in total. The summed E-state index contributed by atoms with van der Waals surface area (Å²) >= 11 is 0. The highest BCUT2D eigenvalue weighted by molar-refractivity contribution is 7.89. The van der Waals surface area contributed by atoms with Crippen LogP contribution >= 0.6 is 0 Å². The van der Waals surface area contributed by atoms with Crippen molar-refractivity contribution in [2.24, 2.45) is 0 Å². The first-order chi connectivity index (χ1) is 10.1. The molecule has 0 saturated carbocycles. The lowest BCUT2D eigenvalue weighted by Crippen LogP contribution is -1.98. The van der Waals surface area contributed by atoms with Gasteiger partial charge in [0.1, 0.15) is 4.90 Å². The van der Waals surface area contributed by atoms with Crippen molar-refractivity contribution < 1.29 is 9.13 Å². The highest BCUT2D eigenvalue weighted by atomic mass is 32.2. The first-order valence-electron chi connectivity index (χ1n) is 6.23. The molecule has 5 heteroatoms. The second-order valence-corrected chi connectivity index (χ2v) is 5.84. The summed E-state index contributed by atoms with van der Waals surface area (Å²) in [7, 11) is -1.60. The SMILES string of the molecule is CC(=C=Cc1ccccc1)S(=O)c1ccccc1[N+](=O)[O-]. The molecular formula is C16H13NO3S. The average Bonchev–Trinajstić information content (AvgIpc) is 2.52. The van der Waals surface area contributed by atoms with Gasteiger partial charge >= 0.3 is 0 Å². The highest BCUT2D eigenvalue weighted by Gasteiger charge is 2.18. The number of rotatable bonds is 4. The molecular weight excluding hydrogens is 286 g/mol. The quantitative estimate of drug-likeness (QED) is 0.488. The standard InChI is InChI=1S/C16H13NO3S/c1-13(11-12-14-7-3-2-4-8-14)21(20)16-10-6-5-9-15(16)17(18)19/h2-10,12H,1H3. The number of nitrogens with zero attached hydrogens (tertiary/aromatic N) is 1. The molecule has 0 radical (unpaired) electrons. The summed E-state index contributed by atoms with van der Waals surface area (Å²) < 4.78 is 12.4. The van der Waals surface area contributed by atoms with Crippen LogP contribution in [0.5, 0.6) is 0 Å². The van der Waals surface area contributed by atoms with E-state index in [1.807, 2.05) is 30.3 Å². The van der Waals surface area contributed by atoms with E-state index in [9.17, 15) is 14.3 Å². The molecule has 0 bridgehead atoms. The molecule has 0 fully saturated rings. The molecule has 0 N–H and O–H groups in total. The molecule has 1 atom stereocenters. The van der Waals surface area contributed by atoms with Crippen LogP contribution in [0, 0.1) is 10.1 Å². The second kappa shape index (κ2) is 6.79. The minimum atomic E-state index is -1.60. The molecule has 0 heterocycles. The highest BCUT2D eigenvalue weighted by Crippen LogP contribution is 2.24. The minimum Gasteiger partial charge on any atom is -0.258 e. The predicted octanol–water partition coefficient (Wildman–Crippen LogP) is 3.92. The number of nitro benzene ring substituents is 1. The summed E-state index contributed by atoms with van der Waals surface area (Å²) in [4.78, 5) is 11.1. The van der Waals surface area contributed by atoms with Crippen molar-refractivity contribution in [3.63, 3.8) is 0 Å². The van der Waals surface area contributed by atoms with E-state index in [1.54, 1.807) is 25.1 Å². The van der Waals surface area contributed by atoms with Crippen LogP contribution in [-0.4, -0.2) is 9.13 Å². The summed E-state index contributed by atoms with van der Waals surface area (Å²) in [5.41, 5.74) is 3.72. The summed E-state index contributed by atoms with van der Waals surface area (Å²) in [6, 6.07) is 15.5. The van der Waals surface area contributed by atoms with Crippen LogP contribution in [0.1, 0.15) is 12.5 Å². The van der Waals surface area contributed by atoms with E-state index in [1.165, 1.54) is 12.1 Å². The predicted molar refractivity (Wildman–Crippen MR) is 83.1 cm³/mol. The van der Waals surface area contributed by atoms with Crippen molar-refractivity contribution in [2.75, 3.05) is 0 Å². The van der Waals surface area contributed by atoms with Gasteiger partial charge in [-0.2, -0.15) is 0 Å². The third kappa shape index (κ3) is 3.75. The van der Waals surface area contributed by atoms with Crippen molar-refractivity contribution >= 4 is 22.6 Å². The van der Waals surface area contributed by atoms with E-state index < -0.39 is 15.7 Å². The zero-order valence-corrected chi connectivity index (χ0v) is 12.2. The maximum Gasteiger partial charge on any atom is 0.285 e. The van der Waals surface area contributed by atoms with Gasteiger partial charge in [-0.05, 0) is 24.6 Å². The van der Waals surface area contributed by atoms with Crippen molar-refractivity contribution in [1.82, 2.24) is 0 Å². The smallest absolute Gasteiger partial charge is 0.258 e. The number of nitro groups is 1. The summed E-state index contributed by atoms with van der Waals surface area (Å²) in [5.74, 6) is 0. The van der Waals surface area contributed by atoms with Crippen LogP contribution in [0.2, 0.25) is 0 Å². The Bertz CT molecular complexity index is 747. The van der Waals surface area contributed by atoms with Crippen molar-refractivity contribution in [1.29, 1.82) is 0 Å². The zero-order chi connectivity index (χ0) is 15.2. The van der Waals surface area contributed by atoms with E-state index in [0.717, 1.165) is 5.56 Å². The molecule has 0 aliphatic carbocycles. The molecule has 2 rings (SSSR count). The first-order valence-corrected chi connectivity index (χ1v) is 7.38. The lowest BCUT2D eigenvalue weighted by Gasteiger charge is -2.01. The summed E-state index contributed by atoms with van der Waals surface area (Å²) in [5, 5.41) is 11.0. The van der Waals surface area contributed by atoms with Gasteiger partial charge in [-0.1, -0.05) is 42.5 Å². The van der Waals surface area contributed by atoms with Gasteiger partial charge < -0.3 is 0 Å². The first kappa shape index (κ1) is 14.9. The maximum atomic E-state index is 12.4. The maximum absolute atomic E-state index is 12.4. The number of para-hydroxylation sites is 1. The monoisotopic (exact) mass is 299 g/mol. The normalized spacial score (nSPS) is 11.3. The van der Waals surface area contributed by atoms with Gasteiger partial charge in [0.05, 0.1) is 20.6 Å². The number of allylic oxidation sites excluding steroid dienone is 1. The van der Waals surface area contributed by atoms with E-state index in [-0.39, 0.29) is 10.6 Å². The summed E-state index contributed by atoms with van der Waals surface area (Å²) in [6.45, 7) is 1.65. The molecule has 2 aromatic rings. The van der Waals surface area contributed by atoms with Gasteiger partial charge in [-0.15, -0.1) is 5.73 Å². The van der Waals surface area contributed by atoms with Crippen molar-refractivity contribution in [3.8, 4) is 0 Å². The van der Waals surface area contributed by atoms with Gasteiger partial charge in [0.2, 0.25) is 0 Å². The van der Waals surface area contributed by atoms with Gasteiger partial charge in [0.25, 0.3) is 5.69 Å². The molecule has 1 unspecified atom stereocenters.